The van der Waals surface area contributed by atoms with Crippen LogP contribution in [-0.2, 0) is 18.9 Å². The topological polar surface area (TPSA) is 101 Å². The molecule has 0 aliphatic heterocycles. The van der Waals surface area contributed by atoms with Crippen LogP contribution in [0, 0.1) is 11.3 Å². The predicted octanol–water partition coefficient (Wildman–Crippen LogP) is 6.04. The van der Waals surface area contributed by atoms with E-state index in [2.05, 4.69) is 16.5 Å². The number of pyridine rings is 1. The summed E-state index contributed by atoms with van der Waals surface area (Å²) < 4.78 is 63.6. The normalized spacial score (nSPS) is 14.9. The molecule has 0 amide bonds. The first-order chi connectivity index (χ1) is 18.3. The van der Waals surface area contributed by atoms with Crippen LogP contribution in [0.4, 0.5) is 17.6 Å². The van der Waals surface area contributed by atoms with Crippen molar-refractivity contribution in [3.8, 4) is 17.6 Å². The number of nitrogens with one attached hydrogen (secondary N) is 1. The number of allylic oxidation sites excluding steroid dienone is 1. The number of nitriles is 1. The molecule has 1 aliphatic carbocycles. The van der Waals surface area contributed by atoms with Crippen molar-refractivity contribution < 1.29 is 22.3 Å². The van der Waals surface area contributed by atoms with E-state index in [0.717, 1.165) is 17.8 Å². The number of nitrogens with zero attached hydrogens (tertiary/aromatic N) is 3. The number of ether oxygens (including phenoxy) is 1. The number of benzene rings is 1. The van der Waals surface area contributed by atoms with Crippen LogP contribution in [0.25, 0.3) is 0 Å². The smallest absolute Gasteiger partial charge is 0.314 e. The standard InChI is InChI=1S/C27H23ClF4N4O3/c1-4-21-16(7-20(24(37)35-21)17-9-26(29,30)10-17)12-36-13-34-23(27(31,32)14(2)3)22(25(36)38)39-19-6-15(11-33)5-18(28)8-19/h5-8,13,17H,2,4,9-10,12H2,1,3H3,(H,35,37). The molecule has 1 N–H and O–H groups in total. The van der Waals surface area contributed by atoms with Crippen LogP contribution < -0.4 is 15.9 Å². The molecule has 7 nitrogen and oxygen atoms in total. The quantitative estimate of drug-likeness (QED) is 0.266. The van der Waals surface area contributed by atoms with Gasteiger partial charge in [-0.3, -0.25) is 14.2 Å². The Morgan fingerprint density at radius 3 is 2.59 bits per heavy atom. The van der Waals surface area contributed by atoms with Crippen LogP contribution >= 0.6 is 11.6 Å². The van der Waals surface area contributed by atoms with Crippen LogP contribution in [0.3, 0.4) is 0 Å². The predicted molar refractivity (Wildman–Crippen MR) is 136 cm³/mol. The first-order valence-corrected chi connectivity index (χ1v) is 12.3. The number of hydrogen-bond acceptors (Lipinski definition) is 5. The van der Waals surface area contributed by atoms with Gasteiger partial charge in [0.25, 0.3) is 11.1 Å². The Morgan fingerprint density at radius 2 is 2.00 bits per heavy atom. The van der Waals surface area contributed by atoms with Crippen molar-refractivity contribution >= 4 is 11.6 Å². The Morgan fingerprint density at radius 1 is 1.31 bits per heavy atom. The van der Waals surface area contributed by atoms with Crippen molar-refractivity contribution in [1.82, 2.24) is 14.5 Å². The molecular formula is C27H23ClF4N4O3. The number of aryl methyl sites for hydroxylation is 1. The lowest BCUT2D eigenvalue weighted by molar-refractivity contribution is -0.0870. The highest BCUT2D eigenvalue weighted by Gasteiger charge is 2.47. The van der Waals surface area contributed by atoms with Crippen LogP contribution in [-0.4, -0.2) is 20.5 Å². The Balaban J connectivity index is 1.82. The molecule has 1 aromatic carbocycles. The van der Waals surface area contributed by atoms with Crippen molar-refractivity contribution in [3.63, 3.8) is 0 Å². The molecule has 1 fully saturated rings. The summed E-state index contributed by atoms with van der Waals surface area (Å²) in [7, 11) is 0. The number of alkyl halides is 4. The highest BCUT2D eigenvalue weighted by Crippen LogP contribution is 2.47. The molecule has 0 radical (unpaired) electrons. The third-order valence-electron chi connectivity index (χ3n) is 6.52. The van der Waals surface area contributed by atoms with Gasteiger partial charge in [0, 0.05) is 35.0 Å². The van der Waals surface area contributed by atoms with E-state index in [1.807, 2.05) is 6.07 Å². The Hall–Kier alpha value is -3.91. The van der Waals surface area contributed by atoms with Crippen molar-refractivity contribution in [3.05, 3.63) is 96.6 Å². The molecule has 204 valence electrons. The van der Waals surface area contributed by atoms with Gasteiger partial charge in [0.1, 0.15) is 5.75 Å². The van der Waals surface area contributed by atoms with Gasteiger partial charge in [0.2, 0.25) is 11.7 Å². The molecule has 2 heterocycles. The van der Waals surface area contributed by atoms with Gasteiger partial charge in [-0.1, -0.05) is 25.1 Å². The van der Waals surface area contributed by atoms with Gasteiger partial charge in [-0.15, -0.1) is 0 Å². The summed E-state index contributed by atoms with van der Waals surface area (Å²) in [6.45, 7) is 5.90. The first-order valence-electron chi connectivity index (χ1n) is 11.9. The zero-order valence-corrected chi connectivity index (χ0v) is 21.7. The Kier molecular flexibility index (Phi) is 7.45. The molecule has 12 heteroatoms. The number of aromatic amines is 1. The number of aromatic nitrogens is 3. The molecule has 2 aromatic heterocycles. The van der Waals surface area contributed by atoms with Gasteiger partial charge in [-0.05, 0) is 48.7 Å². The second kappa shape index (κ2) is 10.3. The number of hydrogen-bond donors (Lipinski definition) is 1. The minimum atomic E-state index is -3.74. The van der Waals surface area contributed by atoms with Crippen LogP contribution in [0.15, 0.2) is 52.3 Å². The van der Waals surface area contributed by atoms with Gasteiger partial charge in [-0.25, -0.2) is 13.8 Å². The van der Waals surface area contributed by atoms with Crippen molar-refractivity contribution in [2.75, 3.05) is 0 Å². The van der Waals surface area contributed by atoms with Gasteiger partial charge in [0.05, 0.1) is 24.5 Å². The molecule has 0 atom stereocenters. The molecular weight excluding hydrogens is 540 g/mol. The largest absolute Gasteiger partial charge is 0.449 e. The van der Waals surface area contributed by atoms with Crippen molar-refractivity contribution in [1.29, 1.82) is 5.26 Å². The minimum absolute atomic E-state index is 0.0739. The zero-order valence-electron chi connectivity index (χ0n) is 21.0. The van der Waals surface area contributed by atoms with E-state index in [1.54, 1.807) is 6.92 Å². The lowest BCUT2D eigenvalue weighted by Crippen LogP contribution is -2.37. The lowest BCUT2D eigenvalue weighted by Gasteiger charge is -2.34. The number of halogens is 5. The van der Waals surface area contributed by atoms with E-state index in [4.69, 9.17) is 16.3 Å². The van der Waals surface area contributed by atoms with Gasteiger partial charge in [-0.2, -0.15) is 14.0 Å². The molecule has 4 rings (SSSR count). The van der Waals surface area contributed by atoms with Crippen LogP contribution in [0.2, 0.25) is 5.02 Å². The van der Waals surface area contributed by atoms with E-state index in [0.29, 0.717) is 17.7 Å². The molecule has 0 unspecified atom stereocenters. The van der Waals surface area contributed by atoms with Gasteiger partial charge in [0.15, 0.2) is 5.69 Å². The van der Waals surface area contributed by atoms with E-state index in [9.17, 15) is 23.6 Å². The summed E-state index contributed by atoms with van der Waals surface area (Å²) in [5, 5.41) is 9.29. The molecule has 1 saturated carbocycles. The average molecular weight is 563 g/mol. The third-order valence-corrected chi connectivity index (χ3v) is 6.74. The summed E-state index contributed by atoms with van der Waals surface area (Å²) >= 11 is 6.01. The maximum Gasteiger partial charge on any atom is 0.314 e. The molecule has 0 saturated heterocycles. The summed E-state index contributed by atoms with van der Waals surface area (Å²) in [4.78, 5) is 32.6. The van der Waals surface area contributed by atoms with Gasteiger partial charge >= 0.3 is 5.92 Å². The van der Waals surface area contributed by atoms with Gasteiger partial charge < -0.3 is 9.72 Å². The first kappa shape index (κ1) is 28.1. The fourth-order valence-corrected chi connectivity index (χ4v) is 4.58. The number of H-pyrrole nitrogens is 1. The van der Waals surface area contributed by atoms with E-state index < -0.39 is 58.7 Å². The molecule has 3 aromatic rings. The van der Waals surface area contributed by atoms with Crippen molar-refractivity contribution in [2.45, 2.75) is 57.4 Å². The Bertz CT molecular complexity index is 1620. The van der Waals surface area contributed by atoms with Crippen LogP contribution in [0.1, 0.15) is 60.7 Å². The van der Waals surface area contributed by atoms with Crippen molar-refractivity contribution in [2.24, 2.45) is 0 Å². The van der Waals surface area contributed by atoms with E-state index in [-0.39, 0.29) is 28.4 Å². The SMILES string of the molecule is C=C(C)C(F)(F)c1ncn(Cc2cc(C3CC(F)(F)C3)c(=O)[nH]c2CC)c(=O)c1Oc1cc(Cl)cc(C#N)c1. The highest BCUT2D eigenvalue weighted by atomic mass is 35.5. The maximum absolute atomic E-state index is 15.0. The number of rotatable bonds is 8. The Labute approximate surface area is 225 Å². The maximum atomic E-state index is 15.0. The average Bonchev–Trinajstić information content (AvgIpc) is 2.85. The summed E-state index contributed by atoms with van der Waals surface area (Å²) in [6.07, 6.45) is 0.342. The fourth-order valence-electron chi connectivity index (χ4n) is 4.36. The molecule has 0 bridgehead atoms. The second-order valence-corrected chi connectivity index (χ2v) is 9.91. The monoisotopic (exact) mass is 562 g/mol. The summed E-state index contributed by atoms with van der Waals surface area (Å²) in [5.74, 6) is -8.17. The third kappa shape index (κ3) is 5.61. The minimum Gasteiger partial charge on any atom is -0.449 e. The molecule has 1 aliphatic rings. The lowest BCUT2D eigenvalue weighted by atomic mass is 9.76. The highest BCUT2D eigenvalue weighted by molar-refractivity contribution is 6.30. The fraction of sp³-hybridized carbons (Fsp3) is 0.333. The summed E-state index contributed by atoms with van der Waals surface area (Å²) in [5.41, 5.74) is -1.91. The van der Waals surface area contributed by atoms with Crippen LogP contribution in [0.5, 0.6) is 11.5 Å². The zero-order chi connectivity index (χ0) is 28.7. The second-order valence-electron chi connectivity index (χ2n) is 9.47. The summed E-state index contributed by atoms with van der Waals surface area (Å²) in [6, 6.07) is 7.14. The van der Waals surface area contributed by atoms with E-state index in [1.165, 1.54) is 24.3 Å². The molecule has 39 heavy (non-hydrogen) atoms. The molecule has 0 spiro atoms. The van der Waals surface area contributed by atoms with E-state index >= 15 is 8.78 Å².